The number of rotatable bonds is 3. The van der Waals surface area contributed by atoms with Gasteiger partial charge in [0, 0.05) is 16.6 Å². The molecule has 1 aromatic carbocycles. The Morgan fingerprint density at radius 3 is 2.76 bits per heavy atom. The van der Waals surface area contributed by atoms with E-state index >= 15 is 0 Å². The van der Waals surface area contributed by atoms with E-state index in [9.17, 15) is 0 Å². The second kappa shape index (κ2) is 4.98. The predicted octanol–water partition coefficient (Wildman–Crippen LogP) is 2.49. The predicted molar refractivity (Wildman–Crippen MR) is 71.5 cm³/mol. The minimum atomic E-state index is 0.407. The van der Waals surface area contributed by atoms with Gasteiger partial charge in [-0.2, -0.15) is 0 Å². The molecule has 0 aliphatic carbocycles. The summed E-state index contributed by atoms with van der Waals surface area (Å²) >= 11 is 3.60. The molecule has 0 bridgehead atoms. The van der Waals surface area contributed by atoms with Crippen molar-refractivity contribution in [3.8, 4) is 11.4 Å². The molecule has 0 spiro atoms. The van der Waals surface area contributed by atoms with Crippen molar-refractivity contribution in [3.05, 3.63) is 34.1 Å². The lowest BCUT2D eigenvalue weighted by Gasteiger charge is -2.09. The highest BCUT2D eigenvalue weighted by molar-refractivity contribution is 9.10. The molecule has 0 aliphatic heterocycles. The quantitative estimate of drug-likeness (QED) is 0.946. The van der Waals surface area contributed by atoms with Gasteiger partial charge in [0.1, 0.15) is 5.82 Å². The molecule has 2 rings (SSSR count). The molecule has 0 fully saturated rings. The van der Waals surface area contributed by atoms with Crippen LogP contribution in [0.3, 0.4) is 0 Å². The molecular weight excluding hydrogens is 280 g/mol. The number of aryl methyl sites for hydroxylation is 1. The van der Waals surface area contributed by atoms with Crippen molar-refractivity contribution in [2.45, 2.75) is 26.9 Å². The highest BCUT2D eigenvalue weighted by Crippen LogP contribution is 2.29. The summed E-state index contributed by atoms with van der Waals surface area (Å²) in [5, 5.41) is 8.35. The first kappa shape index (κ1) is 12.3. The fourth-order valence-corrected chi connectivity index (χ4v) is 2.28. The first-order valence-corrected chi connectivity index (χ1v) is 6.36. The number of halogens is 1. The molecule has 0 atom stereocenters. The number of benzene rings is 1. The zero-order valence-corrected chi connectivity index (χ0v) is 11.5. The van der Waals surface area contributed by atoms with Crippen molar-refractivity contribution in [2.75, 3.05) is 0 Å². The average Bonchev–Trinajstić information content (AvgIpc) is 2.75. The zero-order chi connectivity index (χ0) is 12.4. The van der Waals surface area contributed by atoms with Crippen LogP contribution in [0.25, 0.3) is 11.4 Å². The SMILES string of the molecule is CCn1c(CN)nnc1-c1cccc(C)c1Br. The van der Waals surface area contributed by atoms with Gasteiger partial charge in [-0.15, -0.1) is 10.2 Å². The van der Waals surface area contributed by atoms with E-state index in [4.69, 9.17) is 5.73 Å². The lowest BCUT2D eigenvalue weighted by atomic mass is 10.1. The van der Waals surface area contributed by atoms with Gasteiger partial charge in [0.05, 0.1) is 6.54 Å². The number of nitrogens with two attached hydrogens (primary N) is 1. The van der Waals surface area contributed by atoms with Crippen molar-refractivity contribution >= 4 is 15.9 Å². The lowest BCUT2D eigenvalue weighted by molar-refractivity contribution is 0.704. The Morgan fingerprint density at radius 2 is 2.12 bits per heavy atom. The van der Waals surface area contributed by atoms with Crippen molar-refractivity contribution < 1.29 is 0 Å². The molecule has 0 unspecified atom stereocenters. The van der Waals surface area contributed by atoms with Crippen LogP contribution in [-0.4, -0.2) is 14.8 Å². The molecule has 0 radical (unpaired) electrons. The van der Waals surface area contributed by atoms with E-state index in [1.807, 2.05) is 16.7 Å². The molecule has 90 valence electrons. The Morgan fingerprint density at radius 1 is 1.35 bits per heavy atom. The van der Waals surface area contributed by atoms with Gasteiger partial charge in [-0.1, -0.05) is 18.2 Å². The average molecular weight is 295 g/mol. The molecule has 0 saturated carbocycles. The smallest absolute Gasteiger partial charge is 0.165 e. The molecule has 0 aliphatic rings. The fourth-order valence-electron chi connectivity index (χ4n) is 1.84. The summed E-state index contributed by atoms with van der Waals surface area (Å²) in [5.74, 6) is 1.68. The first-order valence-electron chi connectivity index (χ1n) is 5.56. The summed E-state index contributed by atoms with van der Waals surface area (Å²) in [7, 11) is 0. The molecule has 17 heavy (non-hydrogen) atoms. The van der Waals surface area contributed by atoms with Crippen molar-refractivity contribution in [1.82, 2.24) is 14.8 Å². The third-order valence-electron chi connectivity index (χ3n) is 2.76. The summed E-state index contributed by atoms with van der Waals surface area (Å²) in [4.78, 5) is 0. The third-order valence-corrected chi connectivity index (χ3v) is 3.81. The number of aromatic nitrogens is 3. The number of hydrogen-bond acceptors (Lipinski definition) is 3. The molecule has 5 heteroatoms. The van der Waals surface area contributed by atoms with Gasteiger partial charge in [-0.3, -0.25) is 0 Å². The van der Waals surface area contributed by atoms with Gasteiger partial charge in [-0.05, 0) is 35.3 Å². The topological polar surface area (TPSA) is 56.7 Å². The monoisotopic (exact) mass is 294 g/mol. The van der Waals surface area contributed by atoms with Crippen LogP contribution >= 0.6 is 15.9 Å². The Labute approximate surface area is 109 Å². The molecule has 2 N–H and O–H groups in total. The van der Waals surface area contributed by atoms with E-state index in [2.05, 4.69) is 46.0 Å². The van der Waals surface area contributed by atoms with Crippen LogP contribution in [-0.2, 0) is 13.1 Å². The van der Waals surface area contributed by atoms with E-state index in [1.165, 1.54) is 5.56 Å². The highest BCUT2D eigenvalue weighted by atomic mass is 79.9. The van der Waals surface area contributed by atoms with E-state index in [1.54, 1.807) is 0 Å². The van der Waals surface area contributed by atoms with Crippen LogP contribution in [0.15, 0.2) is 22.7 Å². The number of hydrogen-bond donors (Lipinski definition) is 1. The third kappa shape index (κ3) is 2.12. The minimum absolute atomic E-state index is 0.407. The summed E-state index contributed by atoms with van der Waals surface area (Å²) in [6, 6.07) is 6.11. The molecule has 0 amide bonds. The second-order valence-electron chi connectivity index (χ2n) is 3.82. The van der Waals surface area contributed by atoms with E-state index in [-0.39, 0.29) is 0 Å². The minimum Gasteiger partial charge on any atom is -0.324 e. The molecular formula is C12H15BrN4. The highest BCUT2D eigenvalue weighted by Gasteiger charge is 2.14. The maximum absolute atomic E-state index is 5.65. The largest absolute Gasteiger partial charge is 0.324 e. The van der Waals surface area contributed by atoms with Crippen LogP contribution in [0.2, 0.25) is 0 Å². The van der Waals surface area contributed by atoms with Crippen LogP contribution in [0.1, 0.15) is 18.3 Å². The molecule has 4 nitrogen and oxygen atoms in total. The van der Waals surface area contributed by atoms with Crippen molar-refractivity contribution in [1.29, 1.82) is 0 Å². The van der Waals surface area contributed by atoms with Crippen molar-refractivity contribution in [2.24, 2.45) is 5.73 Å². The Kier molecular flexibility index (Phi) is 3.59. The molecule has 2 aromatic rings. The summed E-state index contributed by atoms with van der Waals surface area (Å²) < 4.78 is 3.10. The molecule has 1 heterocycles. The van der Waals surface area contributed by atoms with Gasteiger partial charge >= 0.3 is 0 Å². The summed E-state index contributed by atoms with van der Waals surface area (Å²) in [6.45, 7) is 5.35. The number of nitrogens with zero attached hydrogens (tertiary/aromatic N) is 3. The van der Waals surface area contributed by atoms with Gasteiger partial charge in [0.15, 0.2) is 5.82 Å². The normalized spacial score (nSPS) is 10.8. The first-order chi connectivity index (χ1) is 8.19. The standard InChI is InChI=1S/C12H15BrN4/c1-3-17-10(7-14)15-16-12(17)9-6-4-5-8(2)11(9)13/h4-6H,3,7,14H2,1-2H3. The second-order valence-corrected chi connectivity index (χ2v) is 4.62. The maximum Gasteiger partial charge on any atom is 0.165 e. The molecule has 0 saturated heterocycles. The van der Waals surface area contributed by atoms with Gasteiger partial charge in [0.2, 0.25) is 0 Å². The summed E-state index contributed by atoms with van der Waals surface area (Å²) in [6.07, 6.45) is 0. The maximum atomic E-state index is 5.65. The van der Waals surface area contributed by atoms with Gasteiger partial charge < -0.3 is 10.3 Å². The van der Waals surface area contributed by atoms with E-state index in [0.717, 1.165) is 28.2 Å². The van der Waals surface area contributed by atoms with Gasteiger partial charge in [-0.25, -0.2) is 0 Å². The van der Waals surface area contributed by atoms with E-state index < -0.39 is 0 Å². The van der Waals surface area contributed by atoms with Gasteiger partial charge in [0.25, 0.3) is 0 Å². The van der Waals surface area contributed by atoms with Crippen LogP contribution < -0.4 is 5.73 Å². The Hall–Kier alpha value is -1.20. The van der Waals surface area contributed by atoms with Crippen LogP contribution in [0.5, 0.6) is 0 Å². The summed E-state index contributed by atoms with van der Waals surface area (Å²) in [5.41, 5.74) is 7.89. The lowest BCUT2D eigenvalue weighted by Crippen LogP contribution is -2.08. The fraction of sp³-hybridized carbons (Fsp3) is 0.333. The van der Waals surface area contributed by atoms with Crippen molar-refractivity contribution in [3.63, 3.8) is 0 Å². The van der Waals surface area contributed by atoms with E-state index in [0.29, 0.717) is 6.54 Å². The van der Waals surface area contributed by atoms with Crippen LogP contribution in [0.4, 0.5) is 0 Å². The Bertz CT molecular complexity index is 533. The zero-order valence-electron chi connectivity index (χ0n) is 9.94. The molecule has 1 aromatic heterocycles. The Balaban J connectivity index is 2.60. The van der Waals surface area contributed by atoms with Crippen LogP contribution in [0, 0.1) is 6.92 Å².